The van der Waals surface area contributed by atoms with Crippen molar-refractivity contribution in [2.24, 2.45) is 16.6 Å². The van der Waals surface area contributed by atoms with Gasteiger partial charge < -0.3 is 25.4 Å². The molecule has 25 heavy (non-hydrogen) atoms. The van der Waals surface area contributed by atoms with Gasteiger partial charge in [-0.3, -0.25) is 0 Å². The topological polar surface area (TPSA) is 72.1 Å². The Bertz CT molecular complexity index is 542. The number of methoxy groups -OCH3 is 2. The van der Waals surface area contributed by atoms with Crippen molar-refractivity contribution in [3.8, 4) is 11.5 Å². The number of hydrogen-bond acceptors (Lipinski definition) is 4. The SMILES string of the molecule is CCC(CC)C(CNC(N)=NCc1ccc(OC)c(OC)c1)N(C)C. The predicted octanol–water partition coefficient (Wildman–Crippen LogP) is 2.47. The number of rotatable bonds is 10. The average molecular weight is 351 g/mol. The first-order valence-electron chi connectivity index (χ1n) is 8.87. The summed E-state index contributed by atoms with van der Waals surface area (Å²) >= 11 is 0. The van der Waals surface area contributed by atoms with Gasteiger partial charge >= 0.3 is 0 Å². The van der Waals surface area contributed by atoms with Gasteiger partial charge in [0, 0.05) is 12.6 Å². The Kier molecular flexibility index (Phi) is 9.13. The molecule has 0 aliphatic rings. The maximum absolute atomic E-state index is 6.04. The molecule has 0 fully saturated rings. The van der Waals surface area contributed by atoms with Gasteiger partial charge in [-0.15, -0.1) is 0 Å². The number of benzene rings is 1. The van der Waals surface area contributed by atoms with E-state index in [0.29, 0.717) is 36.0 Å². The van der Waals surface area contributed by atoms with E-state index in [0.717, 1.165) is 24.9 Å². The standard InChI is InChI=1S/C19H34N4O2/c1-7-15(8-2)16(23(3)4)13-22-19(20)21-12-14-9-10-17(24-5)18(11-14)25-6/h9-11,15-16H,7-8,12-13H2,1-6H3,(H3,20,21,22). The molecule has 0 spiro atoms. The maximum atomic E-state index is 6.04. The van der Waals surface area contributed by atoms with Crippen LogP contribution in [0.3, 0.4) is 0 Å². The first kappa shape index (κ1) is 21.1. The fourth-order valence-electron chi connectivity index (χ4n) is 3.02. The van der Waals surface area contributed by atoms with Crippen molar-refractivity contribution in [2.45, 2.75) is 39.3 Å². The zero-order valence-electron chi connectivity index (χ0n) is 16.5. The van der Waals surface area contributed by atoms with Crippen LogP contribution in [0, 0.1) is 5.92 Å². The minimum absolute atomic E-state index is 0.435. The van der Waals surface area contributed by atoms with Crippen LogP contribution in [0.4, 0.5) is 0 Å². The highest BCUT2D eigenvalue weighted by Crippen LogP contribution is 2.27. The van der Waals surface area contributed by atoms with E-state index < -0.39 is 0 Å². The molecular formula is C19H34N4O2. The predicted molar refractivity (Wildman–Crippen MR) is 104 cm³/mol. The zero-order valence-corrected chi connectivity index (χ0v) is 16.5. The molecule has 1 aromatic carbocycles. The van der Waals surface area contributed by atoms with Gasteiger partial charge in [-0.05, 0) is 37.7 Å². The number of hydrogen-bond donors (Lipinski definition) is 2. The summed E-state index contributed by atoms with van der Waals surface area (Å²) in [5.41, 5.74) is 7.06. The molecule has 1 rings (SSSR count). The molecule has 6 nitrogen and oxygen atoms in total. The van der Waals surface area contributed by atoms with Crippen LogP contribution >= 0.6 is 0 Å². The van der Waals surface area contributed by atoms with Gasteiger partial charge in [-0.2, -0.15) is 0 Å². The highest BCUT2D eigenvalue weighted by molar-refractivity contribution is 5.77. The van der Waals surface area contributed by atoms with Gasteiger partial charge in [0.1, 0.15) is 0 Å². The highest BCUT2D eigenvalue weighted by Gasteiger charge is 2.20. The van der Waals surface area contributed by atoms with E-state index >= 15 is 0 Å². The first-order chi connectivity index (χ1) is 12.0. The first-order valence-corrected chi connectivity index (χ1v) is 8.87. The molecule has 3 N–H and O–H groups in total. The lowest BCUT2D eigenvalue weighted by atomic mass is 9.93. The summed E-state index contributed by atoms with van der Waals surface area (Å²) in [5.74, 6) is 2.51. The molecule has 0 heterocycles. The zero-order chi connectivity index (χ0) is 18.8. The van der Waals surface area contributed by atoms with Gasteiger partial charge in [0.05, 0.1) is 20.8 Å². The van der Waals surface area contributed by atoms with Gasteiger partial charge in [-0.1, -0.05) is 32.8 Å². The Hall–Kier alpha value is -1.95. The number of likely N-dealkylation sites (N-methyl/N-ethyl adjacent to an activating group) is 1. The van der Waals surface area contributed by atoms with Crippen LogP contribution in [0.1, 0.15) is 32.3 Å². The van der Waals surface area contributed by atoms with Crippen molar-refractivity contribution in [3.63, 3.8) is 0 Å². The summed E-state index contributed by atoms with van der Waals surface area (Å²) in [7, 11) is 7.47. The van der Waals surface area contributed by atoms with Crippen molar-refractivity contribution in [1.29, 1.82) is 0 Å². The summed E-state index contributed by atoms with van der Waals surface area (Å²) in [6.07, 6.45) is 2.31. The summed E-state index contributed by atoms with van der Waals surface area (Å²) in [6, 6.07) is 6.19. The molecule has 0 aromatic heterocycles. The molecule has 1 atom stereocenters. The number of nitrogens with one attached hydrogen (secondary N) is 1. The molecule has 0 aliphatic carbocycles. The number of nitrogens with zero attached hydrogens (tertiary/aromatic N) is 2. The number of guanidine groups is 1. The Morgan fingerprint density at radius 1 is 1.16 bits per heavy atom. The molecule has 0 amide bonds. The quantitative estimate of drug-likeness (QED) is 0.501. The van der Waals surface area contributed by atoms with E-state index in [-0.39, 0.29) is 0 Å². The normalized spacial score (nSPS) is 13.2. The molecule has 0 saturated carbocycles. The van der Waals surface area contributed by atoms with Crippen LogP contribution in [0.25, 0.3) is 0 Å². The minimum Gasteiger partial charge on any atom is -0.493 e. The van der Waals surface area contributed by atoms with E-state index in [4.69, 9.17) is 15.2 Å². The van der Waals surface area contributed by atoms with E-state index in [9.17, 15) is 0 Å². The second kappa shape index (κ2) is 10.8. The van der Waals surface area contributed by atoms with Crippen LogP contribution in [0.2, 0.25) is 0 Å². The van der Waals surface area contributed by atoms with Gasteiger partial charge in [-0.25, -0.2) is 4.99 Å². The summed E-state index contributed by atoms with van der Waals surface area (Å²) in [4.78, 5) is 6.69. The summed E-state index contributed by atoms with van der Waals surface area (Å²) in [5, 5.41) is 3.26. The third kappa shape index (κ3) is 6.46. The smallest absolute Gasteiger partial charge is 0.188 e. The van der Waals surface area contributed by atoms with Crippen LogP contribution < -0.4 is 20.5 Å². The molecule has 0 aliphatic heterocycles. The lowest BCUT2D eigenvalue weighted by molar-refractivity contribution is 0.200. The lowest BCUT2D eigenvalue weighted by Gasteiger charge is -2.31. The summed E-state index contributed by atoms with van der Waals surface area (Å²) in [6.45, 7) is 5.76. The fourth-order valence-corrected chi connectivity index (χ4v) is 3.02. The van der Waals surface area contributed by atoms with Gasteiger partial charge in [0.15, 0.2) is 17.5 Å². The lowest BCUT2D eigenvalue weighted by Crippen LogP contribution is -2.46. The third-order valence-electron chi connectivity index (χ3n) is 4.63. The van der Waals surface area contributed by atoms with Gasteiger partial charge in [0.25, 0.3) is 0 Å². The third-order valence-corrected chi connectivity index (χ3v) is 4.63. The number of aliphatic imine (C=N–C) groups is 1. The van der Waals surface area contributed by atoms with E-state index in [1.54, 1.807) is 14.2 Å². The number of nitrogens with two attached hydrogens (primary N) is 1. The molecule has 0 bridgehead atoms. The van der Waals surface area contributed by atoms with Crippen molar-refractivity contribution in [2.75, 3.05) is 34.9 Å². The highest BCUT2D eigenvalue weighted by atomic mass is 16.5. The number of ether oxygens (including phenoxy) is 2. The molecule has 0 saturated heterocycles. The Balaban J connectivity index is 2.66. The second-order valence-electron chi connectivity index (χ2n) is 6.38. The van der Waals surface area contributed by atoms with Crippen LogP contribution in [0.15, 0.2) is 23.2 Å². The van der Waals surface area contributed by atoms with Crippen LogP contribution in [-0.4, -0.2) is 51.8 Å². The minimum atomic E-state index is 0.435. The van der Waals surface area contributed by atoms with Crippen LogP contribution in [-0.2, 0) is 6.54 Å². The largest absolute Gasteiger partial charge is 0.493 e. The van der Waals surface area contributed by atoms with Crippen molar-refractivity contribution in [1.82, 2.24) is 10.2 Å². The maximum Gasteiger partial charge on any atom is 0.188 e. The monoisotopic (exact) mass is 350 g/mol. The van der Waals surface area contributed by atoms with Crippen LogP contribution in [0.5, 0.6) is 11.5 Å². The van der Waals surface area contributed by atoms with Gasteiger partial charge in [0.2, 0.25) is 0 Å². The molecule has 1 unspecified atom stereocenters. The molecular weight excluding hydrogens is 316 g/mol. The molecule has 0 radical (unpaired) electrons. The van der Waals surface area contributed by atoms with Crippen molar-refractivity contribution >= 4 is 5.96 Å². The van der Waals surface area contributed by atoms with Crippen molar-refractivity contribution < 1.29 is 9.47 Å². The molecule has 6 heteroatoms. The molecule has 142 valence electrons. The average Bonchev–Trinajstić information content (AvgIpc) is 2.62. The van der Waals surface area contributed by atoms with E-state index in [1.807, 2.05) is 18.2 Å². The molecule has 1 aromatic rings. The fraction of sp³-hybridized carbons (Fsp3) is 0.632. The van der Waals surface area contributed by atoms with Crippen molar-refractivity contribution in [3.05, 3.63) is 23.8 Å². The summed E-state index contributed by atoms with van der Waals surface area (Å²) < 4.78 is 10.6. The Labute approximate surface area is 152 Å². The second-order valence-corrected chi connectivity index (χ2v) is 6.38. The van der Waals surface area contributed by atoms with E-state index in [2.05, 4.69) is 43.2 Å². The Morgan fingerprint density at radius 2 is 1.80 bits per heavy atom. The van der Waals surface area contributed by atoms with E-state index in [1.165, 1.54) is 0 Å². The Morgan fingerprint density at radius 3 is 2.32 bits per heavy atom.